The van der Waals surface area contributed by atoms with E-state index in [1.54, 1.807) is 6.20 Å². The van der Waals surface area contributed by atoms with Gasteiger partial charge in [-0.2, -0.15) is 5.10 Å². The van der Waals surface area contributed by atoms with Gasteiger partial charge in [0, 0.05) is 22.6 Å². The molecule has 4 rings (SSSR count). The van der Waals surface area contributed by atoms with Gasteiger partial charge in [0.15, 0.2) is 0 Å². The van der Waals surface area contributed by atoms with Gasteiger partial charge in [-0.05, 0) is 54.3 Å². The van der Waals surface area contributed by atoms with Crippen molar-refractivity contribution in [3.63, 3.8) is 0 Å². The first-order chi connectivity index (χ1) is 12.7. The van der Waals surface area contributed by atoms with Crippen LogP contribution in [0.3, 0.4) is 0 Å². The van der Waals surface area contributed by atoms with E-state index in [1.165, 1.54) is 0 Å². The minimum Gasteiger partial charge on any atom is -0.325 e. The number of nitrogens with one attached hydrogen (secondary N) is 1. The summed E-state index contributed by atoms with van der Waals surface area (Å²) in [6.07, 6.45) is 6.60. The second-order valence-electron chi connectivity index (χ2n) is 6.80. The third-order valence-electron chi connectivity index (χ3n) is 5.15. The topological polar surface area (TPSA) is 46.9 Å². The van der Waals surface area contributed by atoms with Crippen LogP contribution in [0.1, 0.15) is 30.4 Å². The van der Waals surface area contributed by atoms with Crippen molar-refractivity contribution in [2.24, 2.45) is 0 Å². The highest BCUT2D eigenvalue weighted by Gasteiger charge is 2.45. The maximum absolute atomic E-state index is 13.0. The highest BCUT2D eigenvalue weighted by Crippen LogP contribution is 2.44. The van der Waals surface area contributed by atoms with E-state index >= 15 is 0 Å². The van der Waals surface area contributed by atoms with E-state index in [0.717, 1.165) is 47.1 Å². The average Bonchev–Trinajstić information content (AvgIpc) is 3.10. The van der Waals surface area contributed by atoms with Crippen LogP contribution in [-0.4, -0.2) is 15.7 Å². The Morgan fingerprint density at radius 3 is 2.42 bits per heavy atom. The van der Waals surface area contributed by atoms with Crippen molar-refractivity contribution < 1.29 is 4.79 Å². The van der Waals surface area contributed by atoms with Crippen molar-refractivity contribution in [3.8, 4) is 0 Å². The van der Waals surface area contributed by atoms with Crippen molar-refractivity contribution in [1.29, 1.82) is 0 Å². The summed E-state index contributed by atoms with van der Waals surface area (Å²) in [5.74, 6) is 0.0888. The number of benzene rings is 2. The van der Waals surface area contributed by atoms with Gasteiger partial charge in [-0.3, -0.25) is 9.48 Å². The van der Waals surface area contributed by atoms with Crippen molar-refractivity contribution in [2.75, 3.05) is 5.32 Å². The quantitative estimate of drug-likeness (QED) is 0.660. The van der Waals surface area contributed by atoms with Gasteiger partial charge in [0.25, 0.3) is 0 Å². The Hall–Kier alpha value is -2.40. The summed E-state index contributed by atoms with van der Waals surface area (Å²) >= 11 is 3.46. The first-order valence-corrected chi connectivity index (χ1v) is 9.59. The summed E-state index contributed by atoms with van der Waals surface area (Å²) in [6, 6.07) is 18.0. The molecule has 0 atom stereocenters. The number of anilines is 1. The molecule has 132 valence electrons. The van der Waals surface area contributed by atoms with Gasteiger partial charge >= 0.3 is 0 Å². The van der Waals surface area contributed by atoms with Crippen LogP contribution < -0.4 is 5.32 Å². The number of amides is 1. The minimum absolute atomic E-state index is 0.0888. The molecule has 26 heavy (non-hydrogen) atoms. The summed E-state index contributed by atoms with van der Waals surface area (Å²) in [6.45, 7) is 0.726. The Morgan fingerprint density at radius 2 is 1.85 bits per heavy atom. The lowest BCUT2D eigenvalue weighted by Crippen LogP contribution is -2.46. The van der Waals surface area contributed by atoms with E-state index in [4.69, 9.17) is 0 Å². The molecular formula is C21H20BrN3O. The van der Waals surface area contributed by atoms with Crippen LogP contribution in [0.2, 0.25) is 0 Å². The van der Waals surface area contributed by atoms with Crippen molar-refractivity contribution >= 4 is 27.5 Å². The van der Waals surface area contributed by atoms with Gasteiger partial charge in [0.2, 0.25) is 5.91 Å². The van der Waals surface area contributed by atoms with Crippen molar-refractivity contribution in [1.82, 2.24) is 9.78 Å². The Morgan fingerprint density at radius 1 is 1.12 bits per heavy atom. The fraction of sp³-hybridized carbons (Fsp3) is 0.238. The number of nitrogens with zero attached hydrogens (tertiary/aromatic N) is 2. The summed E-state index contributed by atoms with van der Waals surface area (Å²) < 4.78 is 2.91. The van der Waals surface area contributed by atoms with Gasteiger partial charge in [0.1, 0.15) is 0 Å². The lowest BCUT2D eigenvalue weighted by molar-refractivity contribution is -0.124. The molecule has 0 radical (unpaired) electrons. The molecule has 2 aromatic carbocycles. The first kappa shape index (κ1) is 17.0. The molecule has 1 N–H and O–H groups in total. The third-order valence-corrected chi connectivity index (χ3v) is 5.68. The van der Waals surface area contributed by atoms with E-state index in [1.807, 2.05) is 53.3 Å². The zero-order valence-corrected chi connectivity index (χ0v) is 15.9. The normalized spacial score (nSPS) is 15.3. The number of rotatable bonds is 5. The molecule has 4 nitrogen and oxygen atoms in total. The van der Waals surface area contributed by atoms with Gasteiger partial charge in [-0.25, -0.2) is 0 Å². The lowest BCUT2D eigenvalue weighted by atomic mass is 9.64. The smallest absolute Gasteiger partial charge is 0.235 e. The predicted molar refractivity (Wildman–Crippen MR) is 106 cm³/mol. The van der Waals surface area contributed by atoms with Crippen LogP contribution in [0.4, 0.5) is 5.69 Å². The number of hydrogen-bond donors (Lipinski definition) is 1. The number of carbonyl (C=O) groups excluding carboxylic acids is 1. The van der Waals surface area contributed by atoms with Gasteiger partial charge in [0.05, 0.1) is 12.0 Å². The number of carbonyl (C=O) groups is 1. The summed E-state index contributed by atoms with van der Waals surface area (Å²) in [5.41, 5.74) is 2.69. The number of hydrogen-bond acceptors (Lipinski definition) is 2. The summed E-state index contributed by atoms with van der Waals surface area (Å²) in [4.78, 5) is 13.0. The maximum Gasteiger partial charge on any atom is 0.235 e. The lowest BCUT2D eigenvalue weighted by Gasteiger charge is -2.40. The molecule has 1 fully saturated rings. The van der Waals surface area contributed by atoms with E-state index in [-0.39, 0.29) is 5.91 Å². The zero-order valence-electron chi connectivity index (χ0n) is 14.4. The Bertz CT molecular complexity index is 882. The van der Waals surface area contributed by atoms with Crippen molar-refractivity contribution in [2.45, 2.75) is 31.2 Å². The minimum atomic E-state index is -0.394. The highest BCUT2D eigenvalue weighted by molar-refractivity contribution is 9.10. The maximum atomic E-state index is 13.0. The average molecular weight is 410 g/mol. The molecule has 0 aliphatic heterocycles. The second-order valence-corrected chi connectivity index (χ2v) is 7.71. The molecule has 1 aromatic heterocycles. The molecule has 0 unspecified atom stereocenters. The van der Waals surface area contributed by atoms with Gasteiger partial charge in [-0.1, -0.05) is 46.6 Å². The Kier molecular flexibility index (Phi) is 4.64. The fourth-order valence-electron chi connectivity index (χ4n) is 3.47. The van der Waals surface area contributed by atoms with E-state index in [9.17, 15) is 4.79 Å². The molecule has 1 amide bonds. The molecular weight excluding hydrogens is 390 g/mol. The van der Waals surface area contributed by atoms with Crippen LogP contribution in [0, 0.1) is 0 Å². The van der Waals surface area contributed by atoms with Gasteiger partial charge < -0.3 is 5.32 Å². The zero-order chi connectivity index (χ0) is 18.0. The van der Waals surface area contributed by atoms with Crippen LogP contribution in [-0.2, 0) is 16.8 Å². The predicted octanol–water partition coefficient (Wildman–Crippen LogP) is 4.75. The standard InChI is InChI=1S/C21H20BrN3O/c22-18-7-5-17(6-8-18)21(11-1-12-21)20(26)24-19-9-3-16(4-10-19)15-25-14-2-13-23-25/h2-10,13-14H,1,11-12,15H2,(H,24,26). The molecule has 0 saturated heterocycles. The second kappa shape index (κ2) is 7.08. The van der Waals surface area contributed by atoms with E-state index < -0.39 is 5.41 Å². The molecule has 1 aliphatic carbocycles. The summed E-state index contributed by atoms with van der Waals surface area (Å²) in [7, 11) is 0. The number of aromatic nitrogens is 2. The monoisotopic (exact) mass is 409 g/mol. The number of halogens is 1. The molecule has 5 heteroatoms. The van der Waals surface area contributed by atoms with Gasteiger partial charge in [-0.15, -0.1) is 0 Å². The molecule has 0 bridgehead atoms. The Labute approximate surface area is 161 Å². The first-order valence-electron chi connectivity index (χ1n) is 8.80. The highest BCUT2D eigenvalue weighted by atomic mass is 79.9. The SMILES string of the molecule is O=C(Nc1ccc(Cn2cccn2)cc1)C1(c2ccc(Br)cc2)CCC1. The van der Waals surface area contributed by atoms with Crippen LogP contribution in [0.5, 0.6) is 0 Å². The molecule has 1 saturated carbocycles. The largest absolute Gasteiger partial charge is 0.325 e. The van der Waals surface area contributed by atoms with E-state index in [2.05, 4.69) is 38.5 Å². The summed E-state index contributed by atoms with van der Waals surface area (Å²) in [5, 5.41) is 7.33. The molecule has 1 aliphatic rings. The fourth-order valence-corrected chi connectivity index (χ4v) is 3.74. The molecule has 3 aromatic rings. The van der Waals surface area contributed by atoms with Crippen LogP contribution >= 0.6 is 15.9 Å². The third kappa shape index (κ3) is 3.31. The van der Waals surface area contributed by atoms with Crippen LogP contribution in [0.25, 0.3) is 0 Å². The van der Waals surface area contributed by atoms with Crippen molar-refractivity contribution in [3.05, 3.63) is 82.6 Å². The molecule has 0 spiro atoms. The molecule has 1 heterocycles. The van der Waals surface area contributed by atoms with Crippen LogP contribution in [0.15, 0.2) is 71.5 Å². The Balaban J connectivity index is 1.47. The van der Waals surface area contributed by atoms with E-state index in [0.29, 0.717) is 0 Å².